The molecule has 0 aromatic rings. The molecule has 0 bridgehead atoms. The Bertz CT molecular complexity index is 277. The fourth-order valence-corrected chi connectivity index (χ4v) is 2.14. The molecule has 0 atom stereocenters. The average molecular weight is 289 g/mol. The van der Waals surface area contributed by atoms with E-state index in [4.69, 9.17) is 19.3 Å². The van der Waals surface area contributed by atoms with Crippen molar-refractivity contribution >= 4 is 5.97 Å². The highest BCUT2D eigenvalue weighted by Gasteiger charge is 2.36. The fourth-order valence-electron chi connectivity index (χ4n) is 2.14. The number of carboxylic acid groups (broad SMARTS) is 1. The first kappa shape index (κ1) is 17.4. The molecule has 0 radical (unpaired) electrons. The molecule has 0 unspecified atom stereocenters. The number of carboxylic acids is 1. The number of hydrogen-bond donors (Lipinski definition) is 1. The predicted octanol–water partition coefficient (Wildman–Crippen LogP) is 0.853. The molecular weight excluding hydrogens is 262 g/mol. The van der Waals surface area contributed by atoms with E-state index in [1.54, 1.807) is 7.11 Å². The van der Waals surface area contributed by atoms with Gasteiger partial charge in [0.05, 0.1) is 38.4 Å². The summed E-state index contributed by atoms with van der Waals surface area (Å²) in [6.07, 6.45) is 1.42. The van der Waals surface area contributed by atoms with E-state index in [-0.39, 0.29) is 0 Å². The lowest BCUT2D eigenvalue weighted by Gasteiger charge is -2.36. The Kier molecular flexibility index (Phi) is 8.06. The molecular formula is C14H27NO5. The van der Waals surface area contributed by atoms with Crippen LogP contribution in [0.15, 0.2) is 0 Å². The lowest BCUT2D eigenvalue weighted by atomic mass is 9.80. The summed E-state index contributed by atoms with van der Waals surface area (Å²) in [5.41, 5.74) is -0.549. The summed E-state index contributed by atoms with van der Waals surface area (Å²) < 4.78 is 15.7. The van der Waals surface area contributed by atoms with Gasteiger partial charge in [-0.1, -0.05) is 0 Å². The molecule has 6 heteroatoms. The van der Waals surface area contributed by atoms with Crippen molar-refractivity contribution in [2.75, 3.05) is 59.8 Å². The summed E-state index contributed by atoms with van der Waals surface area (Å²) in [5.74, 6) is -0.679. The van der Waals surface area contributed by atoms with E-state index in [1.165, 1.54) is 0 Å². The molecule has 0 amide bonds. The summed E-state index contributed by atoms with van der Waals surface area (Å²) >= 11 is 0. The van der Waals surface area contributed by atoms with Gasteiger partial charge in [0.1, 0.15) is 0 Å². The van der Waals surface area contributed by atoms with Crippen LogP contribution in [-0.4, -0.2) is 75.8 Å². The van der Waals surface area contributed by atoms with Gasteiger partial charge in [-0.25, -0.2) is 0 Å². The molecule has 0 aromatic carbocycles. The third-order valence-electron chi connectivity index (χ3n) is 3.83. The smallest absolute Gasteiger partial charge is 0.309 e. The highest BCUT2D eigenvalue weighted by atomic mass is 16.5. The Morgan fingerprint density at radius 2 is 1.65 bits per heavy atom. The summed E-state index contributed by atoms with van der Waals surface area (Å²) in [6, 6.07) is 0. The van der Waals surface area contributed by atoms with Crippen LogP contribution < -0.4 is 0 Å². The van der Waals surface area contributed by atoms with E-state index in [1.807, 2.05) is 6.92 Å². The molecule has 1 aliphatic heterocycles. The van der Waals surface area contributed by atoms with E-state index in [0.717, 1.165) is 19.6 Å². The quantitative estimate of drug-likeness (QED) is 0.601. The topological polar surface area (TPSA) is 68.2 Å². The summed E-state index contributed by atoms with van der Waals surface area (Å²) in [6.45, 7) is 7.39. The van der Waals surface area contributed by atoms with Crippen molar-refractivity contribution in [3.8, 4) is 0 Å². The van der Waals surface area contributed by atoms with Gasteiger partial charge in [-0.05, 0) is 32.9 Å². The van der Waals surface area contributed by atoms with E-state index in [9.17, 15) is 4.79 Å². The summed E-state index contributed by atoms with van der Waals surface area (Å²) in [5, 5.41) is 9.15. The van der Waals surface area contributed by atoms with Crippen LogP contribution >= 0.6 is 0 Å². The van der Waals surface area contributed by atoms with E-state index in [0.29, 0.717) is 45.9 Å². The minimum atomic E-state index is -0.679. The molecule has 1 fully saturated rings. The van der Waals surface area contributed by atoms with E-state index in [2.05, 4.69) is 4.90 Å². The monoisotopic (exact) mass is 289 g/mol. The standard InChI is InChI=1S/C14H27NO5/c1-14(13(16)17)3-5-15(6-4-14)7-8-19-11-12-20-10-9-18-2/h3-12H2,1-2H3,(H,16,17). The lowest BCUT2D eigenvalue weighted by Crippen LogP contribution is -2.43. The van der Waals surface area contributed by atoms with Crippen LogP contribution in [-0.2, 0) is 19.0 Å². The van der Waals surface area contributed by atoms with Crippen LogP contribution in [0.4, 0.5) is 0 Å². The molecule has 118 valence electrons. The predicted molar refractivity (Wildman–Crippen MR) is 74.9 cm³/mol. The van der Waals surface area contributed by atoms with Crippen molar-refractivity contribution in [1.29, 1.82) is 0 Å². The van der Waals surface area contributed by atoms with Gasteiger partial charge in [0.15, 0.2) is 0 Å². The number of methoxy groups -OCH3 is 1. The van der Waals surface area contributed by atoms with Crippen LogP contribution in [0.25, 0.3) is 0 Å². The van der Waals surface area contributed by atoms with E-state index >= 15 is 0 Å². The molecule has 0 aliphatic carbocycles. The van der Waals surface area contributed by atoms with Crippen LogP contribution in [0, 0.1) is 5.41 Å². The van der Waals surface area contributed by atoms with Crippen molar-refractivity contribution in [3.63, 3.8) is 0 Å². The molecule has 1 saturated heterocycles. The molecule has 1 aliphatic rings. The Labute approximate surface area is 121 Å². The van der Waals surface area contributed by atoms with Gasteiger partial charge < -0.3 is 24.2 Å². The van der Waals surface area contributed by atoms with Gasteiger partial charge in [0, 0.05) is 13.7 Å². The summed E-state index contributed by atoms with van der Waals surface area (Å²) in [7, 11) is 1.65. The molecule has 1 heterocycles. The first-order valence-corrected chi connectivity index (χ1v) is 7.19. The number of piperidine rings is 1. The minimum Gasteiger partial charge on any atom is -0.481 e. The Morgan fingerprint density at radius 1 is 1.10 bits per heavy atom. The molecule has 0 spiro atoms. The van der Waals surface area contributed by atoms with Crippen molar-refractivity contribution in [1.82, 2.24) is 4.90 Å². The number of hydrogen-bond acceptors (Lipinski definition) is 5. The van der Waals surface area contributed by atoms with Crippen molar-refractivity contribution in [3.05, 3.63) is 0 Å². The third kappa shape index (κ3) is 6.17. The normalized spacial score (nSPS) is 19.1. The van der Waals surface area contributed by atoms with Gasteiger partial charge in [-0.3, -0.25) is 4.79 Å². The lowest BCUT2D eigenvalue weighted by molar-refractivity contribution is -0.150. The number of rotatable bonds is 10. The molecule has 1 rings (SSSR count). The van der Waals surface area contributed by atoms with Gasteiger partial charge in [-0.15, -0.1) is 0 Å². The number of nitrogens with zero attached hydrogens (tertiary/aromatic N) is 1. The SMILES string of the molecule is COCCOCCOCCN1CCC(C)(C(=O)O)CC1. The second-order valence-corrected chi connectivity index (χ2v) is 5.42. The second kappa shape index (κ2) is 9.28. The Hall–Kier alpha value is -0.690. The third-order valence-corrected chi connectivity index (χ3v) is 3.83. The van der Waals surface area contributed by atoms with Crippen LogP contribution in [0.5, 0.6) is 0 Å². The molecule has 0 saturated carbocycles. The average Bonchev–Trinajstić information content (AvgIpc) is 2.44. The van der Waals surface area contributed by atoms with Gasteiger partial charge in [-0.2, -0.15) is 0 Å². The molecule has 1 N–H and O–H groups in total. The molecule has 0 aromatic heterocycles. The van der Waals surface area contributed by atoms with Gasteiger partial charge in [0.2, 0.25) is 0 Å². The molecule has 20 heavy (non-hydrogen) atoms. The van der Waals surface area contributed by atoms with Crippen LogP contribution in [0.1, 0.15) is 19.8 Å². The van der Waals surface area contributed by atoms with Gasteiger partial charge in [0.25, 0.3) is 0 Å². The number of carbonyl (C=O) groups is 1. The minimum absolute atomic E-state index is 0.549. The first-order valence-electron chi connectivity index (χ1n) is 7.19. The van der Waals surface area contributed by atoms with Crippen LogP contribution in [0.2, 0.25) is 0 Å². The maximum Gasteiger partial charge on any atom is 0.309 e. The van der Waals surface area contributed by atoms with Crippen molar-refractivity contribution in [2.45, 2.75) is 19.8 Å². The van der Waals surface area contributed by atoms with Crippen molar-refractivity contribution in [2.24, 2.45) is 5.41 Å². The first-order chi connectivity index (χ1) is 9.58. The second-order valence-electron chi connectivity index (χ2n) is 5.42. The summed E-state index contributed by atoms with van der Waals surface area (Å²) in [4.78, 5) is 13.4. The molecule has 6 nitrogen and oxygen atoms in total. The Balaban J connectivity index is 1.98. The van der Waals surface area contributed by atoms with Crippen molar-refractivity contribution < 1.29 is 24.1 Å². The Morgan fingerprint density at radius 3 is 2.20 bits per heavy atom. The zero-order valence-electron chi connectivity index (χ0n) is 12.6. The highest BCUT2D eigenvalue weighted by Crippen LogP contribution is 2.30. The number of aliphatic carboxylic acids is 1. The number of likely N-dealkylation sites (tertiary alicyclic amines) is 1. The maximum absolute atomic E-state index is 11.1. The largest absolute Gasteiger partial charge is 0.481 e. The zero-order chi connectivity index (χ0) is 14.8. The van der Waals surface area contributed by atoms with E-state index < -0.39 is 11.4 Å². The maximum atomic E-state index is 11.1. The van der Waals surface area contributed by atoms with Gasteiger partial charge >= 0.3 is 5.97 Å². The van der Waals surface area contributed by atoms with Crippen LogP contribution in [0.3, 0.4) is 0 Å². The highest BCUT2D eigenvalue weighted by molar-refractivity contribution is 5.74. The fraction of sp³-hybridized carbons (Fsp3) is 0.929. The zero-order valence-corrected chi connectivity index (χ0v) is 12.6. The number of ether oxygens (including phenoxy) is 3.